The molecule has 2 aliphatic heterocycles. The van der Waals surface area contributed by atoms with Gasteiger partial charge in [0.15, 0.2) is 0 Å². The number of halogens is 1. The van der Waals surface area contributed by atoms with Gasteiger partial charge in [-0.3, -0.25) is 4.79 Å². The zero-order chi connectivity index (χ0) is 17.4. The highest BCUT2D eigenvalue weighted by atomic mass is 35.5. The van der Waals surface area contributed by atoms with Crippen LogP contribution in [0, 0.1) is 5.92 Å². The molecule has 0 amide bonds. The van der Waals surface area contributed by atoms with Crippen LogP contribution in [0.5, 0.6) is 0 Å². The van der Waals surface area contributed by atoms with Gasteiger partial charge in [0.2, 0.25) is 10.0 Å². The van der Waals surface area contributed by atoms with Gasteiger partial charge < -0.3 is 9.88 Å². The first kappa shape index (κ1) is 19.1. The Labute approximate surface area is 159 Å². The maximum Gasteiger partial charge on any atom is 0.251 e. The highest BCUT2D eigenvalue weighted by Gasteiger charge is 2.38. The Morgan fingerprint density at radius 2 is 1.85 bits per heavy atom. The SMILES string of the molecule is Cl.O=c1cccc2n1[C@@H](CNS(=O)(=O)c1ccccc1)[C@@H]1CNC[C@H]2C1. The predicted octanol–water partition coefficient (Wildman–Crippen LogP) is 1.50. The second-order valence-electron chi connectivity index (χ2n) is 6.74. The molecule has 3 heterocycles. The van der Waals surface area contributed by atoms with Crippen molar-refractivity contribution in [2.24, 2.45) is 5.92 Å². The van der Waals surface area contributed by atoms with Crippen LogP contribution in [-0.4, -0.2) is 32.6 Å². The molecule has 2 aliphatic rings. The van der Waals surface area contributed by atoms with Gasteiger partial charge in [-0.1, -0.05) is 24.3 Å². The summed E-state index contributed by atoms with van der Waals surface area (Å²) in [7, 11) is -3.59. The summed E-state index contributed by atoms with van der Waals surface area (Å²) in [5, 5.41) is 3.41. The second kappa shape index (κ2) is 7.52. The molecule has 1 fully saturated rings. The molecule has 2 bridgehead atoms. The van der Waals surface area contributed by atoms with E-state index in [9.17, 15) is 13.2 Å². The van der Waals surface area contributed by atoms with E-state index >= 15 is 0 Å². The summed E-state index contributed by atoms with van der Waals surface area (Å²) >= 11 is 0. The number of fused-ring (bicyclic) bond motifs is 4. The molecule has 6 nitrogen and oxygen atoms in total. The van der Waals surface area contributed by atoms with Gasteiger partial charge in [-0.05, 0) is 30.5 Å². The van der Waals surface area contributed by atoms with Crippen LogP contribution >= 0.6 is 12.4 Å². The molecule has 1 saturated heterocycles. The van der Waals surface area contributed by atoms with E-state index in [1.165, 1.54) is 0 Å². The molecule has 0 spiro atoms. The minimum atomic E-state index is -3.59. The largest absolute Gasteiger partial charge is 0.316 e. The normalized spacial score (nSPS) is 24.4. The number of pyridine rings is 1. The Bertz CT molecular complexity index is 930. The average Bonchev–Trinajstić information content (AvgIpc) is 2.63. The van der Waals surface area contributed by atoms with Gasteiger partial charge in [0.05, 0.1) is 10.9 Å². The number of hydrogen-bond donors (Lipinski definition) is 2. The molecule has 2 N–H and O–H groups in total. The fraction of sp³-hybridized carbons (Fsp3) is 0.389. The van der Waals surface area contributed by atoms with Crippen molar-refractivity contribution < 1.29 is 8.42 Å². The molecule has 4 rings (SSSR count). The van der Waals surface area contributed by atoms with Crippen LogP contribution in [0.1, 0.15) is 24.1 Å². The molecular weight excluding hydrogens is 374 g/mol. The van der Waals surface area contributed by atoms with E-state index in [2.05, 4.69) is 10.0 Å². The highest BCUT2D eigenvalue weighted by molar-refractivity contribution is 7.89. The Morgan fingerprint density at radius 1 is 1.08 bits per heavy atom. The number of sulfonamides is 1. The number of benzene rings is 1. The Kier molecular flexibility index (Phi) is 5.53. The zero-order valence-corrected chi connectivity index (χ0v) is 15.8. The standard InChI is InChI=1S/C18H21N3O3S.ClH/c22-18-8-4-7-16-13-9-14(11-19-10-13)17(21(16)18)12-20-25(23,24)15-5-2-1-3-6-15;/h1-8,13-14,17,19-20H,9-12H2;1H/t13-,14+,17+;/m1./s1. The maximum absolute atomic E-state index is 12.5. The van der Waals surface area contributed by atoms with Crippen LogP contribution in [0.15, 0.2) is 58.2 Å². The van der Waals surface area contributed by atoms with Crippen LogP contribution < -0.4 is 15.6 Å². The first-order valence-electron chi connectivity index (χ1n) is 8.53. The molecule has 140 valence electrons. The summed E-state index contributed by atoms with van der Waals surface area (Å²) in [6.07, 6.45) is 0.980. The Hall–Kier alpha value is -1.67. The molecule has 8 heteroatoms. The number of rotatable bonds is 4. The Morgan fingerprint density at radius 3 is 2.62 bits per heavy atom. The lowest BCUT2D eigenvalue weighted by molar-refractivity contribution is 0.196. The lowest BCUT2D eigenvalue weighted by Gasteiger charge is -2.43. The number of aromatic nitrogens is 1. The maximum atomic E-state index is 12.5. The molecule has 0 aliphatic carbocycles. The van der Waals surface area contributed by atoms with Crippen LogP contribution in [-0.2, 0) is 10.0 Å². The second-order valence-corrected chi connectivity index (χ2v) is 8.51. The van der Waals surface area contributed by atoms with E-state index in [4.69, 9.17) is 0 Å². The van der Waals surface area contributed by atoms with Crippen molar-refractivity contribution in [1.29, 1.82) is 0 Å². The third-order valence-corrected chi connectivity index (χ3v) is 6.68. The third-order valence-electron chi connectivity index (χ3n) is 5.24. The van der Waals surface area contributed by atoms with E-state index in [1.54, 1.807) is 47.0 Å². The highest BCUT2D eigenvalue weighted by Crippen LogP contribution is 2.38. The zero-order valence-electron chi connectivity index (χ0n) is 14.2. The minimum absolute atomic E-state index is 0. The monoisotopic (exact) mass is 395 g/mol. The van der Waals surface area contributed by atoms with Gasteiger partial charge in [0.1, 0.15) is 0 Å². The lowest BCUT2D eigenvalue weighted by Crippen LogP contribution is -2.50. The molecule has 1 aromatic heterocycles. The fourth-order valence-corrected chi connectivity index (χ4v) is 5.12. The molecule has 1 aromatic carbocycles. The van der Waals surface area contributed by atoms with Crippen LogP contribution in [0.3, 0.4) is 0 Å². The van der Waals surface area contributed by atoms with E-state index < -0.39 is 10.0 Å². The van der Waals surface area contributed by atoms with Crippen molar-refractivity contribution in [2.45, 2.75) is 23.3 Å². The van der Waals surface area contributed by atoms with Crippen LogP contribution in [0.25, 0.3) is 0 Å². The van der Waals surface area contributed by atoms with Gasteiger partial charge >= 0.3 is 0 Å². The topological polar surface area (TPSA) is 80.2 Å². The van der Waals surface area contributed by atoms with E-state index in [0.717, 1.165) is 25.2 Å². The summed E-state index contributed by atoms with van der Waals surface area (Å²) in [5.41, 5.74) is 0.942. The van der Waals surface area contributed by atoms with Gasteiger partial charge in [0.25, 0.3) is 5.56 Å². The number of nitrogens with zero attached hydrogens (tertiary/aromatic N) is 1. The van der Waals surface area contributed by atoms with Crippen molar-refractivity contribution in [2.75, 3.05) is 19.6 Å². The number of hydrogen-bond acceptors (Lipinski definition) is 4. The van der Waals surface area contributed by atoms with Gasteiger partial charge in [-0.15, -0.1) is 12.4 Å². The fourth-order valence-electron chi connectivity index (χ4n) is 4.04. The number of piperidine rings is 1. The van der Waals surface area contributed by atoms with E-state index in [-0.39, 0.29) is 41.4 Å². The molecule has 26 heavy (non-hydrogen) atoms. The van der Waals surface area contributed by atoms with Crippen LogP contribution in [0.2, 0.25) is 0 Å². The van der Waals surface area contributed by atoms with Crippen molar-refractivity contribution in [3.63, 3.8) is 0 Å². The predicted molar refractivity (Wildman–Crippen MR) is 102 cm³/mol. The molecular formula is C18H22ClN3O3S. The summed E-state index contributed by atoms with van der Waals surface area (Å²) in [5.74, 6) is 0.555. The molecule has 0 radical (unpaired) electrons. The van der Waals surface area contributed by atoms with Gasteiger partial charge in [0, 0.05) is 37.3 Å². The lowest BCUT2D eigenvalue weighted by atomic mass is 9.79. The first-order valence-corrected chi connectivity index (χ1v) is 10.0. The molecule has 0 saturated carbocycles. The summed E-state index contributed by atoms with van der Waals surface area (Å²) in [6, 6.07) is 13.5. The first-order chi connectivity index (χ1) is 12.1. The summed E-state index contributed by atoms with van der Waals surface area (Å²) in [6.45, 7) is 1.88. The summed E-state index contributed by atoms with van der Waals surface area (Å²) < 4.78 is 29.6. The van der Waals surface area contributed by atoms with Crippen LogP contribution in [0.4, 0.5) is 0 Å². The third kappa shape index (κ3) is 3.44. The quantitative estimate of drug-likeness (QED) is 0.822. The smallest absolute Gasteiger partial charge is 0.251 e. The van der Waals surface area contributed by atoms with Gasteiger partial charge in [-0.2, -0.15) is 0 Å². The van der Waals surface area contributed by atoms with Crippen molar-refractivity contribution in [3.8, 4) is 0 Å². The van der Waals surface area contributed by atoms with Crippen molar-refractivity contribution in [1.82, 2.24) is 14.6 Å². The van der Waals surface area contributed by atoms with Crippen molar-refractivity contribution in [3.05, 3.63) is 64.6 Å². The molecule has 0 unspecified atom stereocenters. The molecule has 2 aromatic rings. The van der Waals surface area contributed by atoms with E-state index in [0.29, 0.717) is 5.92 Å². The van der Waals surface area contributed by atoms with Gasteiger partial charge in [-0.25, -0.2) is 13.1 Å². The summed E-state index contributed by atoms with van der Waals surface area (Å²) in [4.78, 5) is 12.7. The molecule has 3 atom stereocenters. The average molecular weight is 396 g/mol. The minimum Gasteiger partial charge on any atom is -0.316 e. The van der Waals surface area contributed by atoms with E-state index in [1.807, 2.05) is 6.07 Å². The number of nitrogens with one attached hydrogen (secondary N) is 2. The Balaban J connectivity index is 0.00000196. The van der Waals surface area contributed by atoms with Crippen molar-refractivity contribution >= 4 is 22.4 Å².